The second-order valence-electron chi connectivity index (χ2n) is 4.99. The van der Waals surface area contributed by atoms with E-state index in [1.54, 1.807) is 6.20 Å². The van der Waals surface area contributed by atoms with Gasteiger partial charge in [-0.15, -0.1) is 11.3 Å². The van der Waals surface area contributed by atoms with Crippen molar-refractivity contribution in [2.24, 2.45) is 5.92 Å². The Morgan fingerprint density at radius 2 is 2.19 bits per heavy atom. The zero-order valence-electron chi connectivity index (χ0n) is 12.5. The molecule has 1 aromatic heterocycles. The lowest BCUT2D eigenvalue weighted by atomic mass is 9.97. The van der Waals surface area contributed by atoms with E-state index < -0.39 is 5.97 Å². The standard InChI is InChI=1S/C14H23N3O3S/c1-3-11(4-5-12(18)19)6-7-16-14(20)17-10(2)13-15-8-9-21-13/h8-11H,3-7H2,1-2H3,(H,18,19)(H2,16,17,20). The molecule has 7 heteroatoms. The second kappa shape index (κ2) is 9.33. The van der Waals surface area contributed by atoms with E-state index in [1.807, 2.05) is 19.2 Å². The highest BCUT2D eigenvalue weighted by atomic mass is 32.1. The van der Waals surface area contributed by atoms with Crippen LogP contribution in [0.4, 0.5) is 4.79 Å². The molecule has 2 amide bonds. The van der Waals surface area contributed by atoms with Crippen molar-refractivity contribution in [2.75, 3.05) is 6.54 Å². The first-order valence-electron chi connectivity index (χ1n) is 7.18. The number of rotatable bonds is 9. The molecule has 3 N–H and O–H groups in total. The zero-order valence-corrected chi connectivity index (χ0v) is 13.3. The van der Waals surface area contributed by atoms with Crippen LogP contribution in [-0.4, -0.2) is 28.6 Å². The van der Waals surface area contributed by atoms with Crippen LogP contribution in [0, 0.1) is 5.92 Å². The number of nitrogens with one attached hydrogen (secondary N) is 2. The lowest BCUT2D eigenvalue weighted by Gasteiger charge is -2.16. The Hall–Kier alpha value is -1.63. The molecule has 21 heavy (non-hydrogen) atoms. The number of hydrogen-bond donors (Lipinski definition) is 3. The molecule has 0 aliphatic carbocycles. The third-order valence-electron chi connectivity index (χ3n) is 3.35. The van der Waals surface area contributed by atoms with E-state index in [0.29, 0.717) is 18.9 Å². The van der Waals surface area contributed by atoms with Crippen LogP contribution >= 0.6 is 11.3 Å². The van der Waals surface area contributed by atoms with Gasteiger partial charge in [0, 0.05) is 24.5 Å². The van der Waals surface area contributed by atoms with Crippen molar-refractivity contribution in [3.8, 4) is 0 Å². The number of amides is 2. The smallest absolute Gasteiger partial charge is 0.315 e. The number of urea groups is 1. The fourth-order valence-electron chi connectivity index (χ4n) is 2.03. The zero-order chi connectivity index (χ0) is 15.7. The molecule has 6 nitrogen and oxygen atoms in total. The lowest BCUT2D eigenvalue weighted by Crippen LogP contribution is -2.37. The highest BCUT2D eigenvalue weighted by Gasteiger charge is 2.12. The number of aromatic nitrogens is 1. The van der Waals surface area contributed by atoms with Gasteiger partial charge in [-0.3, -0.25) is 4.79 Å². The number of hydrogen-bond acceptors (Lipinski definition) is 4. The summed E-state index contributed by atoms with van der Waals surface area (Å²) in [6, 6.07) is -0.329. The van der Waals surface area contributed by atoms with Gasteiger partial charge in [0.1, 0.15) is 5.01 Å². The molecule has 0 aliphatic rings. The van der Waals surface area contributed by atoms with Crippen molar-refractivity contribution in [1.82, 2.24) is 15.6 Å². The number of nitrogens with zero attached hydrogens (tertiary/aromatic N) is 1. The van der Waals surface area contributed by atoms with Gasteiger partial charge in [-0.05, 0) is 25.7 Å². The van der Waals surface area contributed by atoms with Gasteiger partial charge in [0.2, 0.25) is 0 Å². The van der Waals surface area contributed by atoms with E-state index in [0.717, 1.165) is 17.8 Å². The van der Waals surface area contributed by atoms with Crippen LogP contribution in [0.25, 0.3) is 0 Å². The van der Waals surface area contributed by atoms with E-state index >= 15 is 0 Å². The van der Waals surface area contributed by atoms with E-state index in [1.165, 1.54) is 11.3 Å². The minimum absolute atomic E-state index is 0.112. The molecular weight excluding hydrogens is 290 g/mol. The van der Waals surface area contributed by atoms with Crippen LogP contribution in [0.15, 0.2) is 11.6 Å². The van der Waals surface area contributed by atoms with Crippen molar-refractivity contribution < 1.29 is 14.7 Å². The molecular formula is C14H23N3O3S. The summed E-state index contributed by atoms with van der Waals surface area (Å²) in [6.45, 7) is 4.48. The predicted molar refractivity (Wildman–Crippen MR) is 82.3 cm³/mol. The summed E-state index contributed by atoms with van der Waals surface area (Å²) in [5.74, 6) is -0.436. The number of carboxylic acids is 1. The Kier molecular flexibility index (Phi) is 7.74. The average molecular weight is 313 g/mol. The summed E-state index contributed by atoms with van der Waals surface area (Å²) in [7, 11) is 0. The SMILES string of the molecule is CCC(CCNC(=O)NC(C)c1nccs1)CCC(=O)O. The quantitative estimate of drug-likeness (QED) is 0.653. The molecule has 0 saturated heterocycles. The van der Waals surface area contributed by atoms with Crippen molar-refractivity contribution in [2.45, 2.75) is 45.6 Å². The van der Waals surface area contributed by atoms with Crippen molar-refractivity contribution in [3.63, 3.8) is 0 Å². The molecule has 1 heterocycles. The largest absolute Gasteiger partial charge is 0.481 e. The van der Waals surface area contributed by atoms with Gasteiger partial charge in [0.05, 0.1) is 6.04 Å². The molecule has 0 aromatic carbocycles. The third kappa shape index (κ3) is 7.08. The number of carbonyl (C=O) groups is 2. The van der Waals surface area contributed by atoms with E-state index in [4.69, 9.17) is 5.11 Å². The van der Waals surface area contributed by atoms with Crippen LogP contribution in [0.1, 0.15) is 50.6 Å². The van der Waals surface area contributed by atoms with Gasteiger partial charge < -0.3 is 15.7 Å². The topological polar surface area (TPSA) is 91.3 Å². The first-order chi connectivity index (χ1) is 10.0. The summed E-state index contributed by atoms with van der Waals surface area (Å²) >= 11 is 1.51. The third-order valence-corrected chi connectivity index (χ3v) is 4.31. The maximum Gasteiger partial charge on any atom is 0.315 e. The maximum absolute atomic E-state index is 11.7. The van der Waals surface area contributed by atoms with Crippen molar-refractivity contribution in [3.05, 3.63) is 16.6 Å². The molecule has 0 fully saturated rings. The fourth-order valence-corrected chi connectivity index (χ4v) is 2.67. The summed E-state index contributed by atoms with van der Waals surface area (Å²) < 4.78 is 0. The van der Waals surface area contributed by atoms with Crippen LogP contribution in [-0.2, 0) is 4.79 Å². The maximum atomic E-state index is 11.7. The Labute approximate surface area is 129 Å². The van der Waals surface area contributed by atoms with Crippen LogP contribution in [0.2, 0.25) is 0 Å². The normalized spacial score (nSPS) is 13.4. The number of carboxylic acid groups (broad SMARTS) is 1. The van der Waals surface area contributed by atoms with Gasteiger partial charge in [0.25, 0.3) is 0 Å². The minimum Gasteiger partial charge on any atom is -0.481 e. The van der Waals surface area contributed by atoms with Gasteiger partial charge in [-0.25, -0.2) is 9.78 Å². The molecule has 2 atom stereocenters. The number of carbonyl (C=O) groups excluding carboxylic acids is 1. The first kappa shape index (κ1) is 17.4. The Balaban J connectivity index is 2.21. The van der Waals surface area contributed by atoms with E-state index in [9.17, 15) is 9.59 Å². The van der Waals surface area contributed by atoms with Crippen LogP contribution < -0.4 is 10.6 Å². The summed E-state index contributed by atoms with van der Waals surface area (Å²) in [6.07, 6.45) is 4.27. The van der Waals surface area contributed by atoms with E-state index in [2.05, 4.69) is 15.6 Å². The lowest BCUT2D eigenvalue weighted by molar-refractivity contribution is -0.137. The molecule has 0 bridgehead atoms. The molecule has 0 spiro atoms. The fraction of sp³-hybridized carbons (Fsp3) is 0.643. The van der Waals surface area contributed by atoms with Gasteiger partial charge in [-0.1, -0.05) is 13.3 Å². The van der Waals surface area contributed by atoms with E-state index in [-0.39, 0.29) is 18.5 Å². The predicted octanol–water partition coefficient (Wildman–Crippen LogP) is 2.78. The second-order valence-corrected chi connectivity index (χ2v) is 5.91. The average Bonchev–Trinajstić information content (AvgIpc) is 2.96. The van der Waals surface area contributed by atoms with Gasteiger partial charge in [0.15, 0.2) is 0 Å². The molecule has 0 saturated carbocycles. The highest BCUT2D eigenvalue weighted by Crippen LogP contribution is 2.15. The Morgan fingerprint density at radius 1 is 1.43 bits per heavy atom. The molecule has 118 valence electrons. The highest BCUT2D eigenvalue weighted by molar-refractivity contribution is 7.09. The van der Waals surface area contributed by atoms with Crippen LogP contribution in [0.3, 0.4) is 0 Å². The Bertz CT molecular complexity index is 437. The Morgan fingerprint density at radius 3 is 2.76 bits per heavy atom. The molecule has 1 rings (SSSR count). The first-order valence-corrected chi connectivity index (χ1v) is 8.06. The van der Waals surface area contributed by atoms with Crippen molar-refractivity contribution >= 4 is 23.3 Å². The van der Waals surface area contributed by atoms with Gasteiger partial charge >= 0.3 is 12.0 Å². The minimum atomic E-state index is -0.767. The molecule has 1 aromatic rings. The van der Waals surface area contributed by atoms with Gasteiger partial charge in [-0.2, -0.15) is 0 Å². The van der Waals surface area contributed by atoms with Crippen molar-refractivity contribution in [1.29, 1.82) is 0 Å². The monoisotopic (exact) mass is 313 g/mol. The summed E-state index contributed by atoms with van der Waals surface area (Å²) in [4.78, 5) is 26.4. The molecule has 2 unspecified atom stereocenters. The van der Waals surface area contributed by atoms with Crippen LogP contribution in [0.5, 0.6) is 0 Å². The summed E-state index contributed by atoms with van der Waals surface area (Å²) in [5, 5.41) is 17.1. The number of aliphatic carboxylic acids is 1. The summed E-state index contributed by atoms with van der Waals surface area (Å²) in [5.41, 5.74) is 0. The molecule has 0 aliphatic heterocycles. The molecule has 0 radical (unpaired) electrons. The number of thiazole rings is 1.